The SMILES string of the molecule is CCCCCCCCC12C=CC=C3N=CC(=C31)C[C@@H]1C2=C[C@@H](C(=O)OC2CCCC(OC)C2)CN1C.O=C(O)/C=C\C(=O)O. The molecule has 44 heavy (non-hydrogen) atoms. The number of esters is 1. The van der Waals surface area contributed by atoms with Crippen LogP contribution in [-0.2, 0) is 23.9 Å². The number of rotatable bonds is 12. The minimum Gasteiger partial charge on any atom is -0.478 e. The largest absolute Gasteiger partial charge is 0.478 e. The first kappa shape index (κ1) is 33.6. The van der Waals surface area contributed by atoms with Crippen molar-refractivity contribution in [3.63, 3.8) is 0 Å². The van der Waals surface area contributed by atoms with E-state index in [1.807, 2.05) is 0 Å². The Hall–Kier alpha value is -3.30. The maximum absolute atomic E-state index is 13.4. The summed E-state index contributed by atoms with van der Waals surface area (Å²) in [6, 6.07) is 0.314. The molecule has 0 aromatic heterocycles. The number of aliphatic carboxylic acids is 2. The quantitative estimate of drug-likeness (QED) is 0.119. The third kappa shape index (κ3) is 8.04. The Balaban J connectivity index is 0.000000488. The van der Waals surface area contributed by atoms with Crippen LogP contribution in [0.25, 0.3) is 0 Å². The van der Waals surface area contributed by atoms with Crippen LogP contribution in [0.5, 0.6) is 0 Å². The number of carboxylic acid groups (broad SMARTS) is 2. The van der Waals surface area contributed by atoms with E-state index in [9.17, 15) is 14.4 Å². The van der Waals surface area contributed by atoms with Gasteiger partial charge < -0.3 is 19.7 Å². The highest BCUT2D eigenvalue weighted by molar-refractivity contribution is 5.90. The number of nitrogens with zero attached hydrogens (tertiary/aromatic N) is 2. The fourth-order valence-corrected chi connectivity index (χ4v) is 7.34. The van der Waals surface area contributed by atoms with Gasteiger partial charge in [-0.15, -0.1) is 0 Å². The summed E-state index contributed by atoms with van der Waals surface area (Å²) in [6.07, 6.45) is 26.1. The van der Waals surface area contributed by atoms with Crippen LogP contribution in [0.2, 0.25) is 0 Å². The summed E-state index contributed by atoms with van der Waals surface area (Å²) < 4.78 is 11.7. The van der Waals surface area contributed by atoms with Gasteiger partial charge in [0.25, 0.3) is 0 Å². The number of ether oxygens (including phenoxy) is 2. The zero-order valence-electron chi connectivity index (χ0n) is 26.4. The summed E-state index contributed by atoms with van der Waals surface area (Å²) in [5, 5.41) is 15.6. The van der Waals surface area contributed by atoms with E-state index < -0.39 is 11.9 Å². The fraction of sp³-hybridized carbons (Fsp3) is 0.600. The third-order valence-corrected chi connectivity index (χ3v) is 9.49. The minimum absolute atomic E-state index is 0.0253. The maximum atomic E-state index is 13.4. The molecule has 240 valence electrons. The van der Waals surface area contributed by atoms with Crippen molar-refractivity contribution < 1.29 is 34.1 Å². The first-order valence-corrected chi connectivity index (χ1v) is 16.2. The molecule has 3 aliphatic carbocycles. The Morgan fingerprint density at radius 2 is 1.77 bits per heavy atom. The Kier molecular flexibility index (Phi) is 11.9. The van der Waals surface area contributed by atoms with E-state index >= 15 is 0 Å². The van der Waals surface area contributed by atoms with E-state index in [0.29, 0.717) is 24.7 Å². The number of fused-ring (bicyclic) bond motifs is 2. The molecule has 0 aromatic carbocycles. The zero-order chi connectivity index (χ0) is 31.7. The lowest BCUT2D eigenvalue weighted by Crippen LogP contribution is -2.50. The first-order valence-electron chi connectivity index (χ1n) is 16.2. The van der Waals surface area contributed by atoms with Gasteiger partial charge in [0, 0.05) is 49.9 Å². The molecule has 5 aliphatic rings. The monoisotopic (exact) mass is 608 g/mol. The minimum atomic E-state index is -1.26. The summed E-state index contributed by atoms with van der Waals surface area (Å²) in [5.41, 5.74) is 5.16. The molecule has 9 heteroatoms. The molecule has 0 aromatic rings. The highest BCUT2D eigenvalue weighted by Gasteiger charge is 2.50. The number of unbranched alkanes of at least 4 members (excludes halogenated alkanes) is 5. The Morgan fingerprint density at radius 3 is 2.48 bits per heavy atom. The molecule has 2 N–H and O–H groups in total. The average Bonchev–Trinajstić information content (AvgIpc) is 3.43. The summed E-state index contributed by atoms with van der Waals surface area (Å²) in [5.74, 6) is -2.81. The molecule has 2 aliphatic heterocycles. The zero-order valence-corrected chi connectivity index (χ0v) is 26.4. The van der Waals surface area contributed by atoms with Gasteiger partial charge in [-0.05, 0) is 61.9 Å². The molecule has 0 amide bonds. The van der Waals surface area contributed by atoms with Crippen molar-refractivity contribution in [2.45, 2.75) is 102 Å². The number of likely N-dealkylation sites (N-methyl/N-ethyl adjacent to an activating group) is 1. The molecule has 0 bridgehead atoms. The molecule has 0 saturated heterocycles. The van der Waals surface area contributed by atoms with E-state index in [0.717, 1.165) is 44.2 Å². The Morgan fingerprint density at radius 1 is 1.07 bits per heavy atom. The van der Waals surface area contributed by atoms with Gasteiger partial charge in [-0.25, -0.2) is 9.59 Å². The van der Waals surface area contributed by atoms with Gasteiger partial charge in [0.2, 0.25) is 0 Å². The van der Waals surface area contributed by atoms with Gasteiger partial charge in [0.05, 0.1) is 17.7 Å². The van der Waals surface area contributed by atoms with Crippen LogP contribution < -0.4 is 0 Å². The van der Waals surface area contributed by atoms with Crippen molar-refractivity contribution in [1.82, 2.24) is 4.90 Å². The van der Waals surface area contributed by atoms with Crippen molar-refractivity contribution in [3.05, 3.63) is 58.9 Å². The highest BCUT2D eigenvalue weighted by Crippen LogP contribution is 2.57. The molecule has 5 atom stereocenters. The van der Waals surface area contributed by atoms with Crippen molar-refractivity contribution in [1.29, 1.82) is 0 Å². The average molecular weight is 609 g/mol. The molecule has 1 saturated carbocycles. The molecule has 0 spiro atoms. The second-order valence-corrected chi connectivity index (χ2v) is 12.5. The van der Waals surface area contributed by atoms with Gasteiger partial charge in [0.1, 0.15) is 6.10 Å². The Labute approximate surface area is 261 Å². The summed E-state index contributed by atoms with van der Waals surface area (Å²) in [4.78, 5) is 39.8. The number of methoxy groups -OCH3 is 1. The standard InChI is InChI=1S/C31H44N2O3.C4H4O4/c1-4-5-6-7-8-9-15-31-16-11-14-27-29(31)22(20-32-27)18-28-26(31)17-23(21-33(28)2)30(34)36-25-13-10-12-24(19-25)35-3;5-3(6)1-2-4(7)8/h11,14,16-17,20,23-25,28H,4-10,12-13,15,18-19,21H2,1-3H3;1-2H,(H,5,6)(H,7,8)/b;2-1-/t23-,24?,25?,28-,31?;/m1./s1. The number of carboxylic acids is 2. The predicted molar refractivity (Wildman–Crippen MR) is 169 cm³/mol. The molecule has 2 heterocycles. The molecular weight excluding hydrogens is 560 g/mol. The molecule has 0 radical (unpaired) electrons. The van der Waals surface area contributed by atoms with Crippen molar-refractivity contribution in [2.24, 2.45) is 16.3 Å². The molecule has 3 unspecified atom stereocenters. The lowest BCUT2D eigenvalue weighted by Gasteiger charge is -2.50. The van der Waals surface area contributed by atoms with E-state index in [1.54, 1.807) is 7.11 Å². The number of hydrogen-bond donors (Lipinski definition) is 2. The van der Waals surface area contributed by atoms with Crippen LogP contribution in [0.3, 0.4) is 0 Å². The lowest BCUT2D eigenvalue weighted by molar-refractivity contribution is -0.157. The molecule has 1 fully saturated rings. The maximum Gasteiger partial charge on any atom is 0.328 e. The van der Waals surface area contributed by atoms with E-state index in [4.69, 9.17) is 24.7 Å². The topological polar surface area (TPSA) is 126 Å². The normalized spacial score (nSPS) is 28.9. The molecule has 5 rings (SSSR count). The van der Waals surface area contributed by atoms with Crippen LogP contribution in [0.4, 0.5) is 0 Å². The van der Waals surface area contributed by atoms with Crippen LogP contribution in [0.1, 0.15) is 84.0 Å². The number of carbonyl (C=O) groups is 3. The van der Waals surface area contributed by atoms with E-state index in [-0.39, 0.29) is 29.5 Å². The van der Waals surface area contributed by atoms with Crippen LogP contribution in [-0.4, -0.2) is 78.2 Å². The van der Waals surface area contributed by atoms with Gasteiger partial charge >= 0.3 is 17.9 Å². The number of carbonyl (C=O) groups excluding carboxylic acids is 1. The second kappa shape index (κ2) is 15.6. The van der Waals surface area contributed by atoms with Gasteiger partial charge in [-0.3, -0.25) is 14.7 Å². The summed E-state index contributed by atoms with van der Waals surface area (Å²) >= 11 is 0. The third-order valence-electron chi connectivity index (χ3n) is 9.49. The molecule has 9 nitrogen and oxygen atoms in total. The fourth-order valence-electron chi connectivity index (χ4n) is 7.34. The number of hydrogen-bond acceptors (Lipinski definition) is 7. The smallest absolute Gasteiger partial charge is 0.328 e. The molecular formula is C35H48N2O7. The van der Waals surface area contributed by atoms with Crippen LogP contribution in [0.15, 0.2) is 63.9 Å². The lowest BCUT2D eigenvalue weighted by atomic mass is 9.59. The number of allylic oxidation sites excluding steroid dienone is 4. The summed E-state index contributed by atoms with van der Waals surface area (Å²) in [6.45, 7) is 2.99. The van der Waals surface area contributed by atoms with E-state index in [1.165, 1.54) is 55.2 Å². The number of aliphatic imine (C=N–C) groups is 1. The Bertz CT molecular complexity index is 1240. The predicted octanol–water partition coefficient (Wildman–Crippen LogP) is 6.03. The van der Waals surface area contributed by atoms with Gasteiger partial charge in [-0.2, -0.15) is 0 Å². The second-order valence-electron chi connectivity index (χ2n) is 12.5. The van der Waals surface area contributed by atoms with E-state index in [2.05, 4.69) is 49.4 Å². The van der Waals surface area contributed by atoms with Crippen molar-refractivity contribution in [3.8, 4) is 0 Å². The summed E-state index contributed by atoms with van der Waals surface area (Å²) in [7, 11) is 3.94. The van der Waals surface area contributed by atoms with Crippen molar-refractivity contribution >= 4 is 24.1 Å². The van der Waals surface area contributed by atoms with Crippen molar-refractivity contribution in [2.75, 3.05) is 20.7 Å². The van der Waals surface area contributed by atoms with Crippen LogP contribution >= 0.6 is 0 Å². The van der Waals surface area contributed by atoms with Gasteiger partial charge in [0.15, 0.2) is 0 Å². The van der Waals surface area contributed by atoms with Gasteiger partial charge in [-0.1, -0.05) is 63.7 Å². The van der Waals surface area contributed by atoms with Crippen LogP contribution in [0, 0.1) is 11.3 Å². The highest BCUT2D eigenvalue weighted by atomic mass is 16.5. The first-order chi connectivity index (χ1) is 21.2.